The minimum absolute atomic E-state index is 0.00598. The molecule has 3 aromatic carbocycles. The lowest BCUT2D eigenvalue weighted by atomic mass is 9.80. The fourth-order valence-corrected chi connectivity index (χ4v) is 4.75. The smallest absolute Gasteiger partial charge is 0.324 e. The topological polar surface area (TPSA) is 77.6 Å². The molecule has 8 heteroatoms. The first-order valence-corrected chi connectivity index (χ1v) is 11.8. The summed E-state index contributed by atoms with van der Waals surface area (Å²) in [6.45, 7) is 3.02. The number of aromatic amines is 1. The number of halogens is 2. The molecule has 2 heterocycles. The van der Waals surface area contributed by atoms with Gasteiger partial charge in [0.15, 0.2) is 5.92 Å². The Bertz CT molecular complexity index is 1440. The highest BCUT2D eigenvalue weighted by molar-refractivity contribution is 6.32. The largest absolute Gasteiger partial charge is 0.487 e. The number of benzene rings is 3. The molecule has 0 radical (unpaired) electrons. The standard InChI is InChI=1S/C28H23ClFNO5/c1-28(2)35-26(32)25(27(33)36-28)24(19-14-31-22-10-6-4-8-18(19)22)16-11-12-23(20(29)13-16)34-15-17-7-3-5-9-21(17)30/h3-14,24-25,31H,15H2,1-2H3/t24-/m0/s1. The summed E-state index contributed by atoms with van der Waals surface area (Å²) >= 11 is 6.56. The average molecular weight is 508 g/mol. The van der Waals surface area contributed by atoms with Crippen LogP contribution >= 0.6 is 11.6 Å². The number of aromatic nitrogens is 1. The van der Waals surface area contributed by atoms with Crippen LogP contribution in [0.2, 0.25) is 5.02 Å². The van der Waals surface area contributed by atoms with Crippen LogP contribution in [0, 0.1) is 11.7 Å². The Hall–Kier alpha value is -3.84. The van der Waals surface area contributed by atoms with Crippen LogP contribution in [0.4, 0.5) is 4.39 Å². The number of rotatable bonds is 6. The Morgan fingerprint density at radius 1 is 1.03 bits per heavy atom. The second-order valence-electron chi connectivity index (χ2n) is 9.06. The van der Waals surface area contributed by atoms with Crippen LogP contribution < -0.4 is 4.74 Å². The van der Waals surface area contributed by atoms with Gasteiger partial charge in [0.1, 0.15) is 18.2 Å². The van der Waals surface area contributed by atoms with E-state index in [1.54, 1.807) is 42.6 Å². The van der Waals surface area contributed by atoms with Gasteiger partial charge in [0.2, 0.25) is 0 Å². The number of esters is 2. The molecule has 1 saturated heterocycles. The van der Waals surface area contributed by atoms with Gasteiger partial charge >= 0.3 is 11.9 Å². The van der Waals surface area contributed by atoms with Crippen LogP contribution in [-0.4, -0.2) is 22.7 Å². The fourth-order valence-electron chi connectivity index (χ4n) is 4.50. The molecule has 0 unspecified atom stereocenters. The predicted octanol–water partition coefficient (Wildman–Crippen LogP) is 6.12. The highest BCUT2D eigenvalue weighted by Gasteiger charge is 2.48. The van der Waals surface area contributed by atoms with E-state index in [1.807, 2.05) is 24.3 Å². The number of carbonyl (C=O) groups is 2. The van der Waals surface area contributed by atoms with E-state index in [2.05, 4.69) is 4.98 Å². The second-order valence-corrected chi connectivity index (χ2v) is 9.46. The molecule has 36 heavy (non-hydrogen) atoms. The summed E-state index contributed by atoms with van der Waals surface area (Å²) in [7, 11) is 0. The molecular weight excluding hydrogens is 485 g/mol. The molecule has 1 aromatic heterocycles. The Morgan fingerprint density at radius 2 is 1.72 bits per heavy atom. The zero-order valence-corrected chi connectivity index (χ0v) is 20.3. The summed E-state index contributed by atoms with van der Waals surface area (Å²) in [6.07, 6.45) is 1.77. The van der Waals surface area contributed by atoms with E-state index >= 15 is 0 Å². The molecular formula is C28H23ClFNO5. The van der Waals surface area contributed by atoms with Crippen LogP contribution in [-0.2, 0) is 25.7 Å². The molecule has 0 spiro atoms. The Morgan fingerprint density at radius 3 is 2.44 bits per heavy atom. The quantitative estimate of drug-likeness (QED) is 0.251. The molecule has 0 saturated carbocycles. The monoisotopic (exact) mass is 507 g/mol. The number of hydrogen-bond donors (Lipinski definition) is 1. The lowest BCUT2D eigenvalue weighted by Gasteiger charge is -2.36. The van der Waals surface area contributed by atoms with Gasteiger partial charge in [-0.3, -0.25) is 9.59 Å². The van der Waals surface area contributed by atoms with Gasteiger partial charge in [-0.15, -0.1) is 0 Å². The van der Waals surface area contributed by atoms with Gasteiger partial charge in [-0.25, -0.2) is 4.39 Å². The van der Waals surface area contributed by atoms with Gasteiger partial charge in [-0.05, 0) is 35.4 Å². The number of H-pyrrole nitrogens is 1. The first-order valence-electron chi connectivity index (χ1n) is 11.4. The second kappa shape index (κ2) is 9.32. The summed E-state index contributed by atoms with van der Waals surface area (Å²) in [4.78, 5) is 29.4. The van der Waals surface area contributed by atoms with Gasteiger partial charge in [0.25, 0.3) is 5.79 Å². The molecule has 1 atom stereocenters. The van der Waals surface area contributed by atoms with Crippen molar-refractivity contribution in [3.8, 4) is 5.75 Å². The van der Waals surface area contributed by atoms with Crippen LogP contribution in [0.5, 0.6) is 5.75 Å². The van der Waals surface area contributed by atoms with Crippen molar-refractivity contribution in [3.63, 3.8) is 0 Å². The predicted molar refractivity (Wildman–Crippen MR) is 132 cm³/mol. The Balaban J connectivity index is 1.53. The minimum atomic E-state index is -1.35. The Labute approximate surface area is 211 Å². The van der Waals surface area contributed by atoms with E-state index in [0.29, 0.717) is 16.9 Å². The first-order chi connectivity index (χ1) is 17.2. The molecule has 1 aliphatic rings. The maximum Gasteiger partial charge on any atom is 0.324 e. The number of fused-ring (bicyclic) bond motifs is 1. The molecule has 0 bridgehead atoms. The lowest BCUT2D eigenvalue weighted by Crippen LogP contribution is -2.48. The third-order valence-corrected chi connectivity index (χ3v) is 6.44. The highest BCUT2D eigenvalue weighted by Crippen LogP contribution is 2.42. The highest BCUT2D eigenvalue weighted by atomic mass is 35.5. The van der Waals surface area contributed by atoms with E-state index in [1.165, 1.54) is 19.9 Å². The number of nitrogens with one attached hydrogen (secondary N) is 1. The number of para-hydroxylation sites is 1. The van der Waals surface area contributed by atoms with Crippen molar-refractivity contribution in [1.82, 2.24) is 4.98 Å². The van der Waals surface area contributed by atoms with Gasteiger partial charge in [-0.1, -0.05) is 54.1 Å². The van der Waals surface area contributed by atoms with Crippen molar-refractivity contribution in [2.75, 3.05) is 0 Å². The summed E-state index contributed by atoms with van der Waals surface area (Å²) in [5.74, 6) is -4.71. The van der Waals surface area contributed by atoms with Crippen molar-refractivity contribution in [1.29, 1.82) is 0 Å². The molecule has 1 aliphatic heterocycles. The minimum Gasteiger partial charge on any atom is -0.487 e. The third kappa shape index (κ3) is 4.54. The molecule has 0 amide bonds. The maximum absolute atomic E-state index is 14.0. The molecule has 5 rings (SSSR count). The van der Waals surface area contributed by atoms with E-state index in [0.717, 1.165) is 16.5 Å². The third-order valence-electron chi connectivity index (χ3n) is 6.15. The van der Waals surface area contributed by atoms with Crippen LogP contribution in [0.25, 0.3) is 10.9 Å². The summed E-state index contributed by atoms with van der Waals surface area (Å²) < 4.78 is 30.6. The van der Waals surface area contributed by atoms with Crippen molar-refractivity contribution < 1.29 is 28.2 Å². The van der Waals surface area contributed by atoms with Crippen molar-refractivity contribution in [2.24, 2.45) is 5.92 Å². The van der Waals surface area contributed by atoms with E-state index < -0.39 is 29.6 Å². The summed E-state index contributed by atoms with van der Waals surface area (Å²) in [6, 6.07) is 18.9. The van der Waals surface area contributed by atoms with Crippen LogP contribution in [0.3, 0.4) is 0 Å². The SMILES string of the molecule is CC1(C)OC(=O)C([C@@H](c2ccc(OCc3ccccc3F)c(Cl)c2)c2c[nH]c3ccccc23)C(=O)O1. The van der Waals surface area contributed by atoms with Crippen molar-refractivity contribution in [2.45, 2.75) is 32.2 Å². The molecule has 0 aliphatic carbocycles. The number of carbonyl (C=O) groups excluding carboxylic acids is 2. The van der Waals surface area contributed by atoms with Gasteiger partial charge in [-0.2, -0.15) is 0 Å². The normalized spacial score (nSPS) is 16.4. The number of cyclic esters (lactones) is 2. The zero-order chi connectivity index (χ0) is 25.4. The summed E-state index contributed by atoms with van der Waals surface area (Å²) in [5, 5.41) is 1.11. The van der Waals surface area contributed by atoms with E-state index in [9.17, 15) is 14.0 Å². The van der Waals surface area contributed by atoms with Crippen LogP contribution in [0.15, 0.2) is 72.9 Å². The lowest BCUT2D eigenvalue weighted by molar-refractivity contribution is -0.240. The first kappa shape index (κ1) is 23.9. The number of hydrogen-bond acceptors (Lipinski definition) is 5. The van der Waals surface area contributed by atoms with Gasteiger partial charge in [0, 0.05) is 42.4 Å². The maximum atomic E-state index is 14.0. The van der Waals surface area contributed by atoms with Gasteiger partial charge in [0.05, 0.1) is 5.02 Å². The number of ether oxygens (including phenoxy) is 3. The molecule has 1 N–H and O–H groups in total. The average Bonchev–Trinajstić information content (AvgIpc) is 3.25. The fraction of sp³-hybridized carbons (Fsp3) is 0.214. The van der Waals surface area contributed by atoms with E-state index in [-0.39, 0.29) is 17.4 Å². The summed E-state index contributed by atoms with van der Waals surface area (Å²) in [5.41, 5.74) is 2.57. The van der Waals surface area contributed by atoms with E-state index in [4.69, 9.17) is 25.8 Å². The Kier molecular flexibility index (Phi) is 6.18. The van der Waals surface area contributed by atoms with Gasteiger partial charge < -0.3 is 19.2 Å². The molecule has 184 valence electrons. The van der Waals surface area contributed by atoms with Crippen molar-refractivity contribution in [3.05, 3.63) is 100 Å². The van der Waals surface area contributed by atoms with Crippen molar-refractivity contribution >= 4 is 34.4 Å². The molecule has 1 fully saturated rings. The van der Waals surface area contributed by atoms with Crippen LogP contribution in [0.1, 0.15) is 36.5 Å². The zero-order valence-electron chi connectivity index (χ0n) is 19.6. The molecule has 4 aromatic rings. The molecule has 6 nitrogen and oxygen atoms in total.